The Labute approximate surface area is 151 Å². The van der Waals surface area contributed by atoms with Crippen LogP contribution in [0.3, 0.4) is 0 Å². The number of nitrogens with zero attached hydrogens (tertiary/aromatic N) is 3. The van der Waals surface area contributed by atoms with Gasteiger partial charge in [0.05, 0.1) is 13.1 Å². The number of likely N-dealkylation sites (tertiary alicyclic amines) is 1. The Morgan fingerprint density at radius 3 is 2.52 bits per heavy atom. The monoisotopic (exact) mass is 357 g/mol. The number of nitrogens with one attached hydrogen (secondary N) is 1. The summed E-state index contributed by atoms with van der Waals surface area (Å²) in [5.74, 6) is 1.62. The highest BCUT2D eigenvalue weighted by atomic mass is 32.1. The van der Waals surface area contributed by atoms with Crippen LogP contribution in [0.5, 0.6) is 5.88 Å². The van der Waals surface area contributed by atoms with E-state index in [0.29, 0.717) is 11.8 Å². The summed E-state index contributed by atoms with van der Waals surface area (Å²) in [7, 11) is 0. The van der Waals surface area contributed by atoms with Gasteiger partial charge in [0.1, 0.15) is 11.2 Å². The van der Waals surface area contributed by atoms with E-state index in [-0.39, 0.29) is 11.9 Å². The average molecular weight is 358 g/mol. The standard InChI is InChI=1S/C19H24N4OS/c1-12-4-6-15(7-5-12)16(22-9-13(2)8-14(3)10-22)17-18(24)23-19(25-17)20-11-21-23/h4-7,11,13-14,16,24H,8-10H2,1-3H3/p+1/t13-,14+,16-/m0/s1. The van der Waals surface area contributed by atoms with Crippen LogP contribution >= 0.6 is 11.3 Å². The van der Waals surface area contributed by atoms with E-state index in [9.17, 15) is 5.11 Å². The highest BCUT2D eigenvalue weighted by Gasteiger charge is 2.36. The molecule has 0 bridgehead atoms. The smallest absolute Gasteiger partial charge is 0.235 e. The van der Waals surface area contributed by atoms with Crippen molar-refractivity contribution in [3.05, 3.63) is 46.6 Å². The Kier molecular flexibility index (Phi) is 4.25. The molecule has 0 spiro atoms. The highest BCUT2D eigenvalue weighted by molar-refractivity contribution is 7.17. The Bertz CT molecular complexity index is 859. The average Bonchev–Trinajstić information content (AvgIpc) is 3.13. The van der Waals surface area contributed by atoms with Gasteiger partial charge in [-0.05, 0) is 13.3 Å². The zero-order valence-corrected chi connectivity index (χ0v) is 15.8. The maximum atomic E-state index is 10.8. The molecule has 0 aliphatic carbocycles. The van der Waals surface area contributed by atoms with E-state index >= 15 is 0 Å². The van der Waals surface area contributed by atoms with Crippen LogP contribution in [0.1, 0.15) is 42.3 Å². The van der Waals surface area contributed by atoms with Crippen LogP contribution in [0.25, 0.3) is 4.96 Å². The number of aryl methyl sites for hydroxylation is 1. The third kappa shape index (κ3) is 3.04. The maximum absolute atomic E-state index is 10.8. The molecule has 3 heterocycles. The van der Waals surface area contributed by atoms with Crippen LogP contribution in [0.4, 0.5) is 0 Å². The normalized spacial score (nSPS) is 25.3. The summed E-state index contributed by atoms with van der Waals surface area (Å²) >= 11 is 1.55. The molecule has 5 nitrogen and oxygen atoms in total. The van der Waals surface area contributed by atoms with Crippen molar-refractivity contribution in [3.63, 3.8) is 0 Å². The summed E-state index contributed by atoms with van der Waals surface area (Å²) in [5, 5.41) is 14.9. The van der Waals surface area contributed by atoms with Gasteiger partial charge >= 0.3 is 0 Å². The van der Waals surface area contributed by atoms with Gasteiger partial charge in [0.2, 0.25) is 10.8 Å². The Balaban J connectivity index is 1.81. The minimum atomic E-state index is 0.124. The van der Waals surface area contributed by atoms with Gasteiger partial charge in [-0.3, -0.25) is 0 Å². The summed E-state index contributed by atoms with van der Waals surface area (Å²) in [4.78, 5) is 7.51. The number of hydrogen-bond donors (Lipinski definition) is 2. The van der Waals surface area contributed by atoms with E-state index in [2.05, 4.69) is 55.1 Å². The molecular formula is C19H25N4OS+. The lowest BCUT2D eigenvalue weighted by Gasteiger charge is -2.37. The van der Waals surface area contributed by atoms with Crippen molar-refractivity contribution >= 4 is 16.3 Å². The SMILES string of the molecule is Cc1ccc([C@@H](c2sc3ncnn3c2O)[NH+]2C[C@H](C)C[C@H](C)C2)cc1. The van der Waals surface area contributed by atoms with E-state index in [1.165, 1.54) is 28.8 Å². The summed E-state index contributed by atoms with van der Waals surface area (Å²) in [6, 6.07) is 8.84. The number of hydrogen-bond acceptors (Lipinski definition) is 4. The predicted molar refractivity (Wildman–Crippen MR) is 99.2 cm³/mol. The third-order valence-electron chi connectivity index (χ3n) is 5.25. The molecule has 0 amide bonds. The van der Waals surface area contributed by atoms with Crippen molar-refractivity contribution in [1.29, 1.82) is 0 Å². The quantitative estimate of drug-likeness (QED) is 0.757. The molecule has 1 unspecified atom stereocenters. The largest absolute Gasteiger partial charge is 0.492 e. The van der Waals surface area contributed by atoms with E-state index < -0.39 is 0 Å². The molecule has 1 aliphatic rings. The Hall–Kier alpha value is -1.92. The second-order valence-corrected chi connectivity index (χ2v) is 8.61. The van der Waals surface area contributed by atoms with Gasteiger partial charge in [0, 0.05) is 17.4 Å². The summed E-state index contributed by atoms with van der Waals surface area (Å²) in [6.07, 6.45) is 2.78. The summed E-state index contributed by atoms with van der Waals surface area (Å²) in [6.45, 7) is 9.03. The molecule has 25 heavy (non-hydrogen) atoms. The fourth-order valence-corrected chi connectivity index (χ4v) is 5.40. The Morgan fingerprint density at radius 2 is 1.88 bits per heavy atom. The first kappa shape index (κ1) is 16.5. The fourth-order valence-electron chi connectivity index (χ4n) is 4.28. The van der Waals surface area contributed by atoms with Crippen molar-refractivity contribution in [2.75, 3.05) is 13.1 Å². The first-order chi connectivity index (χ1) is 12.0. The number of benzene rings is 1. The van der Waals surface area contributed by atoms with Crippen molar-refractivity contribution in [1.82, 2.24) is 14.6 Å². The summed E-state index contributed by atoms with van der Waals surface area (Å²) in [5.41, 5.74) is 2.51. The molecule has 0 saturated carbocycles. The number of piperidine rings is 1. The topological polar surface area (TPSA) is 54.9 Å². The van der Waals surface area contributed by atoms with Gasteiger partial charge in [0.25, 0.3) is 0 Å². The van der Waals surface area contributed by atoms with Crippen molar-refractivity contribution in [3.8, 4) is 5.88 Å². The first-order valence-electron chi connectivity index (χ1n) is 8.95. The molecule has 4 atom stereocenters. The molecule has 2 N–H and O–H groups in total. The molecule has 132 valence electrons. The molecular weight excluding hydrogens is 332 g/mol. The van der Waals surface area contributed by atoms with Crippen LogP contribution in [0.2, 0.25) is 0 Å². The molecule has 1 aliphatic heterocycles. The van der Waals surface area contributed by atoms with Crippen LogP contribution in [-0.4, -0.2) is 32.8 Å². The minimum Gasteiger partial charge on any atom is -0.492 e. The van der Waals surface area contributed by atoms with Gasteiger partial charge in [0.15, 0.2) is 6.04 Å². The van der Waals surface area contributed by atoms with Crippen molar-refractivity contribution in [2.24, 2.45) is 11.8 Å². The molecule has 1 fully saturated rings. The lowest BCUT2D eigenvalue weighted by Crippen LogP contribution is -3.14. The lowest BCUT2D eigenvalue weighted by molar-refractivity contribution is -0.936. The van der Waals surface area contributed by atoms with Gasteiger partial charge in [-0.25, -0.2) is 4.98 Å². The lowest BCUT2D eigenvalue weighted by atomic mass is 9.89. The zero-order chi connectivity index (χ0) is 17.6. The van der Waals surface area contributed by atoms with Gasteiger partial charge in [-0.1, -0.05) is 55.0 Å². The van der Waals surface area contributed by atoms with Gasteiger partial charge in [-0.15, -0.1) is 0 Å². The number of thiazole rings is 1. The molecule has 4 rings (SSSR count). The van der Waals surface area contributed by atoms with E-state index in [1.54, 1.807) is 15.9 Å². The number of aromatic nitrogens is 3. The van der Waals surface area contributed by atoms with E-state index in [1.807, 2.05) is 0 Å². The number of rotatable bonds is 3. The first-order valence-corrected chi connectivity index (χ1v) is 9.77. The Morgan fingerprint density at radius 1 is 1.20 bits per heavy atom. The molecule has 3 aromatic rings. The molecule has 2 aromatic heterocycles. The number of quaternary nitrogens is 1. The molecule has 0 radical (unpaired) electrons. The van der Waals surface area contributed by atoms with Crippen LogP contribution in [0.15, 0.2) is 30.6 Å². The summed E-state index contributed by atoms with van der Waals surface area (Å²) < 4.78 is 1.55. The second-order valence-electron chi connectivity index (χ2n) is 7.60. The van der Waals surface area contributed by atoms with E-state index in [0.717, 1.165) is 22.9 Å². The highest BCUT2D eigenvalue weighted by Crippen LogP contribution is 2.35. The molecule has 6 heteroatoms. The molecule has 1 saturated heterocycles. The van der Waals surface area contributed by atoms with Gasteiger partial charge < -0.3 is 10.0 Å². The van der Waals surface area contributed by atoms with Crippen LogP contribution < -0.4 is 4.90 Å². The second kappa shape index (κ2) is 6.42. The number of aromatic hydroxyl groups is 1. The third-order valence-corrected chi connectivity index (χ3v) is 6.34. The van der Waals surface area contributed by atoms with E-state index in [4.69, 9.17) is 0 Å². The van der Waals surface area contributed by atoms with Crippen LogP contribution in [-0.2, 0) is 0 Å². The maximum Gasteiger partial charge on any atom is 0.235 e. The zero-order valence-electron chi connectivity index (χ0n) is 14.9. The van der Waals surface area contributed by atoms with Crippen LogP contribution in [0, 0.1) is 18.8 Å². The molecule has 1 aromatic carbocycles. The number of fused-ring (bicyclic) bond motifs is 1. The predicted octanol–water partition coefficient (Wildman–Crippen LogP) is 2.46. The minimum absolute atomic E-state index is 0.124. The fraction of sp³-hybridized carbons (Fsp3) is 0.474. The van der Waals surface area contributed by atoms with Crippen molar-refractivity contribution < 1.29 is 10.0 Å². The van der Waals surface area contributed by atoms with Gasteiger partial charge in [-0.2, -0.15) is 9.61 Å². The van der Waals surface area contributed by atoms with Crippen molar-refractivity contribution in [2.45, 2.75) is 33.2 Å².